The van der Waals surface area contributed by atoms with Gasteiger partial charge in [-0.2, -0.15) is 0 Å². The molecule has 10 nitrogen and oxygen atoms in total. The Kier molecular flexibility index (Phi) is 7.53. The van der Waals surface area contributed by atoms with Gasteiger partial charge in [0.05, 0.1) is 23.6 Å². The van der Waals surface area contributed by atoms with Crippen molar-refractivity contribution in [2.45, 2.75) is 38.0 Å². The second-order valence-electron chi connectivity index (χ2n) is 8.98. The first-order chi connectivity index (χ1) is 17.1. The van der Waals surface area contributed by atoms with Crippen LogP contribution in [0.4, 0.5) is 10.2 Å². The molecule has 2 amide bonds. The fraction of sp³-hybridized carbons (Fsp3) is 0.417. The number of hydrogen-bond donors (Lipinski definition) is 2. The van der Waals surface area contributed by atoms with Crippen molar-refractivity contribution in [1.82, 2.24) is 14.6 Å². The summed E-state index contributed by atoms with van der Waals surface area (Å²) < 4.78 is 41.8. The van der Waals surface area contributed by atoms with Gasteiger partial charge in [-0.3, -0.25) is 14.3 Å². The third-order valence-electron chi connectivity index (χ3n) is 6.40. The van der Waals surface area contributed by atoms with E-state index in [4.69, 9.17) is 0 Å². The zero-order chi connectivity index (χ0) is 25.9. The van der Waals surface area contributed by atoms with Crippen LogP contribution in [0.15, 0.2) is 36.4 Å². The predicted octanol–water partition coefficient (Wildman–Crippen LogP) is 1.90. The number of nitrogens with zero attached hydrogens (tertiary/aromatic N) is 3. The Bertz CT molecular complexity index is 1260. The maximum atomic E-state index is 14.8. The lowest BCUT2D eigenvalue weighted by atomic mass is 9.96. The number of aromatic nitrogens is 1. The van der Waals surface area contributed by atoms with Gasteiger partial charge in [-0.25, -0.2) is 22.6 Å². The van der Waals surface area contributed by atoms with Crippen LogP contribution in [0.3, 0.4) is 0 Å². The molecule has 2 saturated heterocycles. The average Bonchev–Trinajstić information content (AvgIpc) is 3.24. The summed E-state index contributed by atoms with van der Waals surface area (Å²) in [7, 11) is -3.86. The summed E-state index contributed by atoms with van der Waals surface area (Å²) in [4.78, 5) is 43.6. The van der Waals surface area contributed by atoms with Crippen LogP contribution < -0.4 is 9.62 Å². The highest BCUT2D eigenvalue weighted by molar-refractivity contribution is 7.89. The first-order valence-corrected chi connectivity index (χ1v) is 13.3. The number of carboxylic acid groups (broad SMARTS) is 1. The number of hydrogen-bond acceptors (Lipinski definition) is 7. The average molecular weight is 519 g/mol. The molecule has 192 valence electrons. The van der Waals surface area contributed by atoms with E-state index in [1.165, 1.54) is 4.90 Å². The fourth-order valence-corrected chi connectivity index (χ4v) is 5.69. The Balaban J connectivity index is 1.42. The summed E-state index contributed by atoms with van der Waals surface area (Å²) in [6.07, 6.45) is 1.60. The third kappa shape index (κ3) is 5.99. The van der Waals surface area contributed by atoms with Crippen molar-refractivity contribution in [1.29, 1.82) is 0 Å². The summed E-state index contributed by atoms with van der Waals surface area (Å²) in [5.41, 5.74) is 0.361. The van der Waals surface area contributed by atoms with Gasteiger partial charge in [0, 0.05) is 32.0 Å². The molecule has 0 aliphatic carbocycles. The number of rotatable bonds is 8. The number of piperidine rings is 1. The van der Waals surface area contributed by atoms with E-state index in [2.05, 4.69) is 9.71 Å². The van der Waals surface area contributed by atoms with Gasteiger partial charge in [0.1, 0.15) is 0 Å². The molecule has 2 fully saturated rings. The number of pyridine rings is 1. The number of aromatic carboxylic acids is 1. The van der Waals surface area contributed by atoms with Gasteiger partial charge < -0.3 is 14.9 Å². The molecule has 2 aromatic rings. The Morgan fingerprint density at radius 2 is 1.83 bits per heavy atom. The van der Waals surface area contributed by atoms with E-state index < -0.39 is 33.6 Å². The monoisotopic (exact) mass is 518 g/mol. The Labute approximate surface area is 208 Å². The number of carbonyl (C=O) groups excluding carboxylic acids is 2. The predicted molar refractivity (Wildman–Crippen MR) is 128 cm³/mol. The number of amides is 2. The maximum absolute atomic E-state index is 14.8. The smallest absolute Gasteiger partial charge is 0.337 e. The van der Waals surface area contributed by atoms with E-state index in [0.717, 1.165) is 6.07 Å². The van der Waals surface area contributed by atoms with Crippen molar-refractivity contribution in [3.63, 3.8) is 0 Å². The van der Waals surface area contributed by atoms with E-state index in [1.807, 2.05) is 0 Å². The minimum Gasteiger partial charge on any atom is -0.478 e. The van der Waals surface area contributed by atoms with E-state index in [9.17, 15) is 32.3 Å². The number of carbonyl (C=O) groups is 3. The van der Waals surface area contributed by atoms with Gasteiger partial charge in [0.25, 0.3) is 0 Å². The van der Waals surface area contributed by atoms with Crippen LogP contribution in [0.1, 0.15) is 47.3 Å². The maximum Gasteiger partial charge on any atom is 0.337 e. The van der Waals surface area contributed by atoms with Gasteiger partial charge in [-0.1, -0.05) is 30.3 Å². The molecule has 1 aromatic heterocycles. The lowest BCUT2D eigenvalue weighted by molar-refractivity contribution is -0.128. The molecule has 0 saturated carbocycles. The molecule has 36 heavy (non-hydrogen) atoms. The van der Waals surface area contributed by atoms with Crippen molar-refractivity contribution in [2.75, 3.05) is 24.5 Å². The Morgan fingerprint density at radius 1 is 1.14 bits per heavy atom. The Hall–Kier alpha value is -3.54. The molecule has 4 rings (SSSR count). The number of carboxylic acids is 1. The summed E-state index contributed by atoms with van der Waals surface area (Å²) in [5.74, 6) is -3.78. The normalized spacial score (nSPS) is 16.9. The molecule has 0 radical (unpaired) electrons. The SMILES string of the molecule is O=C(O)c1cc(F)c(N2CCC(C(=O)NS(=O)(=O)Cc3ccccc3)CC2)nc1CN1CCCC1=O. The lowest BCUT2D eigenvalue weighted by Crippen LogP contribution is -2.43. The fourth-order valence-electron chi connectivity index (χ4n) is 4.52. The summed E-state index contributed by atoms with van der Waals surface area (Å²) in [6, 6.07) is 9.43. The molecule has 3 heterocycles. The second-order valence-corrected chi connectivity index (χ2v) is 10.7. The number of likely N-dealkylation sites (tertiary alicyclic amines) is 1. The Morgan fingerprint density at radius 3 is 2.44 bits per heavy atom. The highest BCUT2D eigenvalue weighted by Crippen LogP contribution is 2.27. The van der Waals surface area contributed by atoms with Crippen molar-refractivity contribution >= 4 is 33.6 Å². The second kappa shape index (κ2) is 10.6. The van der Waals surface area contributed by atoms with Gasteiger partial charge >= 0.3 is 5.97 Å². The van der Waals surface area contributed by atoms with Crippen LogP contribution in [-0.2, 0) is 31.9 Å². The van der Waals surface area contributed by atoms with Crippen LogP contribution in [-0.4, -0.2) is 60.8 Å². The number of benzene rings is 1. The van der Waals surface area contributed by atoms with Gasteiger partial charge in [0.15, 0.2) is 11.6 Å². The van der Waals surface area contributed by atoms with Crippen molar-refractivity contribution in [2.24, 2.45) is 5.92 Å². The molecule has 0 spiro atoms. The zero-order valence-electron chi connectivity index (χ0n) is 19.5. The van der Waals surface area contributed by atoms with Crippen molar-refractivity contribution in [3.8, 4) is 0 Å². The lowest BCUT2D eigenvalue weighted by Gasteiger charge is -2.32. The van der Waals surface area contributed by atoms with Crippen molar-refractivity contribution in [3.05, 3.63) is 59.0 Å². The molecule has 2 N–H and O–H groups in total. The molecular formula is C24H27FN4O6S. The zero-order valence-corrected chi connectivity index (χ0v) is 20.3. The number of anilines is 1. The molecule has 12 heteroatoms. The van der Waals surface area contributed by atoms with Crippen LogP contribution in [0.2, 0.25) is 0 Å². The number of sulfonamides is 1. The van der Waals surface area contributed by atoms with Gasteiger partial charge in [-0.15, -0.1) is 0 Å². The third-order valence-corrected chi connectivity index (χ3v) is 7.63. The standard InChI is InChI=1S/C24H27FN4O6S/c25-19-13-18(24(32)33)20(14-29-10-4-7-21(29)30)26-22(19)28-11-8-17(9-12-28)23(31)27-36(34,35)15-16-5-2-1-3-6-16/h1-3,5-6,13,17H,4,7-12,14-15H2,(H,27,31)(H,32,33). The highest BCUT2D eigenvalue weighted by atomic mass is 32.2. The topological polar surface area (TPSA) is 137 Å². The summed E-state index contributed by atoms with van der Waals surface area (Å²) in [6.45, 7) is 0.927. The largest absolute Gasteiger partial charge is 0.478 e. The number of nitrogens with one attached hydrogen (secondary N) is 1. The van der Waals surface area contributed by atoms with E-state index in [-0.39, 0.29) is 61.2 Å². The summed E-state index contributed by atoms with van der Waals surface area (Å²) >= 11 is 0. The van der Waals surface area contributed by atoms with Crippen molar-refractivity contribution < 1.29 is 32.3 Å². The molecule has 1 aromatic carbocycles. The van der Waals surface area contributed by atoms with Crippen LogP contribution in [0, 0.1) is 11.7 Å². The van der Waals surface area contributed by atoms with E-state index >= 15 is 0 Å². The minimum atomic E-state index is -3.86. The quantitative estimate of drug-likeness (QED) is 0.541. The molecule has 0 atom stereocenters. The minimum absolute atomic E-state index is 0.0219. The first-order valence-electron chi connectivity index (χ1n) is 11.7. The molecule has 0 bridgehead atoms. The molecule has 2 aliphatic rings. The van der Waals surface area contributed by atoms with Crippen LogP contribution >= 0.6 is 0 Å². The summed E-state index contributed by atoms with van der Waals surface area (Å²) in [5, 5.41) is 9.50. The molecule has 0 unspecified atom stereocenters. The highest BCUT2D eigenvalue weighted by Gasteiger charge is 2.31. The van der Waals surface area contributed by atoms with E-state index in [0.29, 0.717) is 24.9 Å². The van der Waals surface area contributed by atoms with Crippen LogP contribution in [0.25, 0.3) is 0 Å². The van der Waals surface area contributed by atoms with Gasteiger partial charge in [0.2, 0.25) is 21.8 Å². The van der Waals surface area contributed by atoms with Crippen LogP contribution in [0.5, 0.6) is 0 Å². The molecular weight excluding hydrogens is 491 g/mol. The first kappa shape index (κ1) is 25.5. The number of halogens is 1. The molecule has 2 aliphatic heterocycles. The van der Waals surface area contributed by atoms with E-state index in [1.54, 1.807) is 35.2 Å². The van der Waals surface area contributed by atoms with Gasteiger partial charge in [-0.05, 0) is 30.9 Å².